The number of likely N-dealkylation sites (tertiary alicyclic amines) is 1. The topological polar surface area (TPSA) is 68.8 Å². The predicted octanol–water partition coefficient (Wildman–Crippen LogP) is 1.57. The molecule has 4 heterocycles. The summed E-state index contributed by atoms with van der Waals surface area (Å²) in [6, 6.07) is 1.82. The molecule has 7 heteroatoms. The molecule has 2 aromatic heterocycles. The Morgan fingerprint density at radius 2 is 1.89 bits per heavy atom. The maximum absolute atomic E-state index is 12.3. The molecule has 0 bridgehead atoms. The smallest absolute Gasteiger partial charge is 0.267 e. The van der Waals surface area contributed by atoms with Gasteiger partial charge in [0.1, 0.15) is 11.6 Å². The van der Waals surface area contributed by atoms with Gasteiger partial charge in [-0.05, 0) is 69.5 Å². The molecule has 0 aromatic carbocycles. The molecule has 0 spiro atoms. The Labute approximate surface area is 159 Å². The largest absolute Gasteiger partial charge is 0.314 e. The Balaban J connectivity index is 1.19. The van der Waals surface area contributed by atoms with Crippen LogP contribution in [0.5, 0.6) is 0 Å². The molecule has 1 aliphatic carbocycles. The highest BCUT2D eigenvalue weighted by molar-refractivity contribution is 5.22. The van der Waals surface area contributed by atoms with Gasteiger partial charge in [0.15, 0.2) is 0 Å². The Morgan fingerprint density at radius 1 is 1.00 bits per heavy atom. The maximum Gasteiger partial charge on any atom is 0.267 e. The van der Waals surface area contributed by atoms with Crippen molar-refractivity contribution in [2.24, 2.45) is 5.92 Å². The van der Waals surface area contributed by atoms with E-state index in [2.05, 4.69) is 24.8 Å². The van der Waals surface area contributed by atoms with Crippen molar-refractivity contribution in [1.82, 2.24) is 29.4 Å². The third kappa shape index (κ3) is 3.45. The number of hydrogen-bond acceptors (Lipinski definition) is 5. The van der Waals surface area contributed by atoms with Crippen molar-refractivity contribution in [3.63, 3.8) is 0 Å². The fourth-order valence-electron chi connectivity index (χ4n) is 4.83. The molecule has 27 heavy (non-hydrogen) atoms. The van der Waals surface area contributed by atoms with Crippen LogP contribution in [-0.4, -0.2) is 42.5 Å². The maximum atomic E-state index is 12.3. The van der Waals surface area contributed by atoms with Gasteiger partial charge >= 0.3 is 0 Å². The fourth-order valence-corrected chi connectivity index (χ4v) is 4.83. The first-order chi connectivity index (χ1) is 13.3. The molecule has 0 atom stereocenters. The Bertz CT molecular complexity index is 877. The van der Waals surface area contributed by atoms with Crippen molar-refractivity contribution in [2.75, 3.05) is 13.1 Å². The van der Waals surface area contributed by atoms with E-state index in [-0.39, 0.29) is 5.56 Å². The van der Waals surface area contributed by atoms with Crippen molar-refractivity contribution in [3.8, 4) is 0 Å². The van der Waals surface area contributed by atoms with Gasteiger partial charge in [-0.25, -0.2) is 4.68 Å². The number of hydrogen-bond donors (Lipinski definition) is 0. The highest BCUT2D eigenvalue weighted by atomic mass is 16.1. The summed E-state index contributed by atoms with van der Waals surface area (Å²) in [6.07, 6.45) is 8.95. The molecule has 0 amide bonds. The van der Waals surface area contributed by atoms with Crippen LogP contribution in [0.25, 0.3) is 0 Å². The molecule has 0 radical (unpaired) electrons. The minimum absolute atomic E-state index is 0.0770. The van der Waals surface area contributed by atoms with Crippen LogP contribution in [0.1, 0.15) is 55.0 Å². The summed E-state index contributed by atoms with van der Waals surface area (Å²) in [5.74, 6) is 2.83. The molecule has 1 saturated heterocycles. The lowest BCUT2D eigenvalue weighted by Crippen LogP contribution is -2.37. The van der Waals surface area contributed by atoms with Crippen LogP contribution in [0.3, 0.4) is 0 Å². The first kappa shape index (κ1) is 17.1. The average Bonchev–Trinajstić information content (AvgIpc) is 3.30. The Hall–Kier alpha value is -2.02. The average molecular weight is 368 g/mol. The van der Waals surface area contributed by atoms with Crippen molar-refractivity contribution in [1.29, 1.82) is 0 Å². The molecule has 3 aliphatic rings. The molecule has 1 fully saturated rings. The van der Waals surface area contributed by atoms with Gasteiger partial charge in [-0.2, -0.15) is 5.10 Å². The monoisotopic (exact) mass is 368 g/mol. The molecule has 5 rings (SSSR count). The molecule has 0 unspecified atom stereocenters. The quantitative estimate of drug-likeness (QED) is 0.819. The molecular formula is C20H28N6O. The highest BCUT2D eigenvalue weighted by Crippen LogP contribution is 2.22. The van der Waals surface area contributed by atoms with E-state index >= 15 is 0 Å². The van der Waals surface area contributed by atoms with E-state index in [1.807, 2.05) is 6.07 Å². The third-order valence-electron chi connectivity index (χ3n) is 6.46. The van der Waals surface area contributed by atoms with Gasteiger partial charge in [0, 0.05) is 25.6 Å². The summed E-state index contributed by atoms with van der Waals surface area (Å²) < 4.78 is 4.04. The molecule has 2 aromatic rings. The molecule has 2 aliphatic heterocycles. The van der Waals surface area contributed by atoms with E-state index in [1.165, 1.54) is 18.4 Å². The van der Waals surface area contributed by atoms with Crippen molar-refractivity contribution in [2.45, 2.75) is 71.0 Å². The van der Waals surface area contributed by atoms with Crippen molar-refractivity contribution in [3.05, 3.63) is 39.3 Å². The van der Waals surface area contributed by atoms with E-state index in [4.69, 9.17) is 0 Å². The summed E-state index contributed by atoms with van der Waals surface area (Å²) in [6.45, 7) is 4.86. The van der Waals surface area contributed by atoms with Gasteiger partial charge in [0.25, 0.3) is 5.56 Å². The lowest BCUT2D eigenvalue weighted by atomic mass is 9.97. The van der Waals surface area contributed by atoms with Gasteiger partial charge in [-0.15, -0.1) is 10.2 Å². The summed E-state index contributed by atoms with van der Waals surface area (Å²) in [5.41, 5.74) is 2.39. The summed E-state index contributed by atoms with van der Waals surface area (Å²) in [7, 11) is 0. The zero-order chi connectivity index (χ0) is 18.2. The first-order valence-electron chi connectivity index (χ1n) is 10.5. The summed E-state index contributed by atoms with van der Waals surface area (Å²) in [4.78, 5) is 14.8. The standard InChI is InChI=1S/C20H28N6O/c27-20-12-16-4-3-5-17(16)23-26(20)13-15-7-10-24(11-8-15)14-19-22-21-18-6-1-2-9-25(18)19/h12,15H,1-11,13-14H2. The number of rotatable bonds is 4. The van der Waals surface area contributed by atoms with Gasteiger partial charge < -0.3 is 4.57 Å². The summed E-state index contributed by atoms with van der Waals surface area (Å²) in [5, 5.41) is 13.5. The minimum atomic E-state index is 0.0770. The molecule has 0 N–H and O–H groups in total. The minimum Gasteiger partial charge on any atom is -0.314 e. The lowest BCUT2D eigenvalue weighted by molar-refractivity contribution is 0.158. The van der Waals surface area contributed by atoms with Crippen LogP contribution in [0.15, 0.2) is 10.9 Å². The van der Waals surface area contributed by atoms with Crippen LogP contribution in [-0.2, 0) is 38.9 Å². The summed E-state index contributed by atoms with van der Waals surface area (Å²) >= 11 is 0. The van der Waals surface area contributed by atoms with Gasteiger partial charge in [-0.3, -0.25) is 9.69 Å². The predicted molar refractivity (Wildman–Crippen MR) is 101 cm³/mol. The zero-order valence-corrected chi connectivity index (χ0v) is 15.9. The van der Waals surface area contributed by atoms with Crippen LogP contribution in [0, 0.1) is 5.92 Å². The lowest BCUT2D eigenvalue weighted by Gasteiger charge is -2.31. The van der Waals surface area contributed by atoms with Gasteiger partial charge in [0.2, 0.25) is 0 Å². The van der Waals surface area contributed by atoms with Crippen LogP contribution >= 0.6 is 0 Å². The Morgan fingerprint density at radius 3 is 2.78 bits per heavy atom. The SMILES string of the molecule is O=c1cc2c(nn1CC1CCN(Cc3nnc4n3CCCC4)CC1)CCC2. The van der Waals surface area contributed by atoms with Crippen LogP contribution in [0.4, 0.5) is 0 Å². The normalized spacial score (nSPS) is 20.6. The van der Waals surface area contributed by atoms with E-state index in [9.17, 15) is 4.79 Å². The second-order valence-electron chi connectivity index (χ2n) is 8.35. The van der Waals surface area contributed by atoms with E-state index in [0.29, 0.717) is 5.92 Å². The highest BCUT2D eigenvalue weighted by Gasteiger charge is 2.24. The van der Waals surface area contributed by atoms with Gasteiger partial charge in [-0.1, -0.05) is 0 Å². The number of fused-ring (bicyclic) bond motifs is 2. The number of nitrogens with zero attached hydrogens (tertiary/aromatic N) is 6. The molecular weight excluding hydrogens is 340 g/mol. The van der Waals surface area contributed by atoms with E-state index < -0.39 is 0 Å². The van der Waals surface area contributed by atoms with E-state index in [0.717, 1.165) is 88.6 Å². The fraction of sp³-hybridized carbons (Fsp3) is 0.700. The van der Waals surface area contributed by atoms with Gasteiger partial charge in [0.05, 0.1) is 12.2 Å². The van der Waals surface area contributed by atoms with Crippen molar-refractivity contribution < 1.29 is 0 Å². The van der Waals surface area contributed by atoms with E-state index in [1.54, 1.807) is 4.68 Å². The Kier molecular flexibility index (Phi) is 4.55. The molecule has 0 saturated carbocycles. The number of aromatic nitrogens is 5. The second kappa shape index (κ2) is 7.19. The third-order valence-corrected chi connectivity index (χ3v) is 6.46. The second-order valence-corrected chi connectivity index (χ2v) is 8.35. The van der Waals surface area contributed by atoms with Crippen LogP contribution < -0.4 is 5.56 Å². The molecule has 7 nitrogen and oxygen atoms in total. The van der Waals surface area contributed by atoms with Crippen LogP contribution in [0.2, 0.25) is 0 Å². The van der Waals surface area contributed by atoms with Crippen molar-refractivity contribution >= 4 is 0 Å². The first-order valence-corrected chi connectivity index (χ1v) is 10.5. The number of aryl methyl sites for hydroxylation is 3. The molecule has 144 valence electrons. The zero-order valence-electron chi connectivity index (χ0n) is 15.9. The number of piperidine rings is 1.